The maximum atomic E-state index is 14.1. The van der Waals surface area contributed by atoms with E-state index in [1.807, 2.05) is 18.2 Å². The first-order chi connectivity index (χ1) is 10.3. The fourth-order valence-electron chi connectivity index (χ4n) is 2.50. The topological polar surface area (TPSA) is 39.4 Å². The summed E-state index contributed by atoms with van der Waals surface area (Å²) in [6, 6.07) is 10.3. The molecule has 4 rings (SSSR count). The molecule has 0 unspecified atom stereocenters. The van der Waals surface area contributed by atoms with Crippen molar-refractivity contribution >= 4 is 5.65 Å². The minimum Gasteiger partial charge on any atom is -0.493 e. The maximum Gasteiger partial charge on any atom is 0.198 e. The highest BCUT2D eigenvalue weighted by molar-refractivity contribution is 5.67. The second kappa shape index (κ2) is 4.55. The summed E-state index contributed by atoms with van der Waals surface area (Å²) < 4.78 is 21.1. The highest BCUT2D eigenvalue weighted by Crippen LogP contribution is 2.39. The summed E-state index contributed by atoms with van der Waals surface area (Å²) in [5, 5.41) is 4.56. The number of aromatic nitrogens is 3. The average Bonchev–Trinajstić information content (AvgIpc) is 3.26. The summed E-state index contributed by atoms with van der Waals surface area (Å²) in [5.41, 5.74) is 1.83. The van der Waals surface area contributed by atoms with Crippen molar-refractivity contribution in [3.63, 3.8) is 0 Å². The highest BCUT2D eigenvalue weighted by atomic mass is 19.1. The molecule has 5 heteroatoms. The molecule has 0 amide bonds. The van der Waals surface area contributed by atoms with Crippen molar-refractivity contribution in [3.05, 3.63) is 48.0 Å². The number of halogens is 1. The first kappa shape index (κ1) is 12.3. The first-order valence-corrected chi connectivity index (χ1v) is 6.96. The second-order valence-corrected chi connectivity index (χ2v) is 5.25. The molecule has 1 fully saturated rings. The molecule has 0 radical (unpaired) electrons. The zero-order valence-corrected chi connectivity index (χ0v) is 11.6. The Morgan fingerprint density at radius 2 is 2.00 bits per heavy atom. The first-order valence-electron chi connectivity index (χ1n) is 6.96. The molecular weight excluding hydrogens is 269 g/mol. The SMILES string of the molecule is COc1ccc(-c2ccccc2F)n2nc(C3CC3)nc12. The van der Waals surface area contributed by atoms with Gasteiger partial charge in [0.15, 0.2) is 17.2 Å². The van der Waals surface area contributed by atoms with Crippen LogP contribution in [0.4, 0.5) is 4.39 Å². The van der Waals surface area contributed by atoms with Gasteiger partial charge in [-0.15, -0.1) is 0 Å². The van der Waals surface area contributed by atoms with Crippen LogP contribution < -0.4 is 4.74 Å². The van der Waals surface area contributed by atoms with Crippen LogP contribution >= 0.6 is 0 Å². The van der Waals surface area contributed by atoms with Crippen LogP contribution in [0.3, 0.4) is 0 Å². The van der Waals surface area contributed by atoms with Gasteiger partial charge in [-0.2, -0.15) is 5.10 Å². The van der Waals surface area contributed by atoms with E-state index in [2.05, 4.69) is 10.1 Å². The molecule has 4 nitrogen and oxygen atoms in total. The largest absolute Gasteiger partial charge is 0.493 e. The van der Waals surface area contributed by atoms with E-state index in [1.165, 1.54) is 6.07 Å². The highest BCUT2D eigenvalue weighted by Gasteiger charge is 2.29. The molecule has 106 valence electrons. The molecule has 1 aliphatic rings. The maximum absolute atomic E-state index is 14.1. The van der Waals surface area contributed by atoms with E-state index in [1.54, 1.807) is 23.8 Å². The van der Waals surface area contributed by atoms with Crippen LogP contribution in [-0.4, -0.2) is 21.7 Å². The Morgan fingerprint density at radius 1 is 1.19 bits per heavy atom. The molecule has 0 bridgehead atoms. The third-order valence-corrected chi connectivity index (χ3v) is 3.78. The Hall–Kier alpha value is -2.43. The quantitative estimate of drug-likeness (QED) is 0.739. The third kappa shape index (κ3) is 1.96. The number of hydrogen-bond donors (Lipinski definition) is 0. The number of fused-ring (bicyclic) bond motifs is 1. The van der Waals surface area contributed by atoms with Crippen molar-refractivity contribution in [1.82, 2.24) is 14.6 Å². The van der Waals surface area contributed by atoms with Gasteiger partial charge >= 0.3 is 0 Å². The van der Waals surface area contributed by atoms with E-state index < -0.39 is 0 Å². The molecule has 2 aromatic heterocycles. The van der Waals surface area contributed by atoms with E-state index in [0.717, 1.165) is 18.7 Å². The van der Waals surface area contributed by atoms with Gasteiger partial charge < -0.3 is 4.74 Å². The van der Waals surface area contributed by atoms with Gasteiger partial charge in [-0.3, -0.25) is 0 Å². The van der Waals surface area contributed by atoms with E-state index in [0.29, 0.717) is 28.6 Å². The molecule has 0 N–H and O–H groups in total. The molecule has 1 aromatic carbocycles. The third-order valence-electron chi connectivity index (χ3n) is 3.78. The number of pyridine rings is 1. The van der Waals surface area contributed by atoms with Gasteiger partial charge in [0, 0.05) is 11.5 Å². The van der Waals surface area contributed by atoms with Crippen molar-refractivity contribution in [2.45, 2.75) is 18.8 Å². The minimum atomic E-state index is -0.271. The fraction of sp³-hybridized carbons (Fsp3) is 0.250. The zero-order chi connectivity index (χ0) is 14.4. The van der Waals surface area contributed by atoms with Gasteiger partial charge in [-0.1, -0.05) is 12.1 Å². The number of rotatable bonds is 3. The number of ether oxygens (including phenoxy) is 1. The van der Waals surface area contributed by atoms with Crippen LogP contribution in [0.15, 0.2) is 36.4 Å². The molecule has 1 aliphatic carbocycles. The van der Waals surface area contributed by atoms with Crippen molar-refractivity contribution < 1.29 is 9.13 Å². The predicted octanol–water partition coefficient (Wildman–Crippen LogP) is 3.42. The van der Waals surface area contributed by atoms with Crippen molar-refractivity contribution in [3.8, 4) is 17.0 Å². The smallest absolute Gasteiger partial charge is 0.198 e. The van der Waals surface area contributed by atoms with E-state index in [9.17, 15) is 4.39 Å². The average molecular weight is 283 g/mol. The lowest BCUT2D eigenvalue weighted by molar-refractivity contribution is 0.416. The lowest BCUT2D eigenvalue weighted by Crippen LogP contribution is -1.98. The molecule has 0 atom stereocenters. The summed E-state index contributed by atoms with van der Waals surface area (Å²) >= 11 is 0. The van der Waals surface area contributed by atoms with Gasteiger partial charge in [0.05, 0.1) is 12.8 Å². The van der Waals surface area contributed by atoms with E-state index in [-0.39, 0.29) is 5.82 Å². The van der Waals surface area contributed by atoms with Crippen LogP contribution in [0.25, 0.3) is 16.9 Å². The number of methoxy groups -OCH3 is 1. The summed E-state index contributed by atoms with van der Waals surface area (Å²) in [4.78, 5) is 4.57. The molecule has 0 saturated heterocycles. The molecule has 2 heterocycles. The lowest BCUT2D eigenvalue weighted by Gasteiger charge is -2.08. The van der Waals surface area contributed by atoms with Crippen LogP contribution in [-0.2, 0) is 0 Å². The molecule has 3 aromatic rings. The number of nitrogens with zero attached hydrogens (tertiary/aromatic N) is 3. The van der Waals surface area contributed by atoms with Crippen molar-refractivity contribution in [2.24, 2.45) is 0 Å². The Balaban J connectivity index is 1.99. The van der Waals surface area contributed by atoms with Crippen LogP contribution in [0.5, 0.6) is 5.75 Å². The minimum absolute atomic E-state index is 0.271. The van der Waals surface area contributed by atoms with Gasteiger partial charge in [-0.05, 0) is 37.1 Å². The van der Waals surface area contributed by atoms with Gasteiger partial charge in [0.25, 0.3) is 0 Å². The van der Waals surface area contributed by atoms with Crippen molar-refractivity contribution in [1.29, 1.82) is 0 Å². The number of benzene rings is 1. The standard InChI is InChI=1S/C16H14FN3O/c1-21-14-9-8-13(11-4-2-3-5-12(11)17)20-16(14)18-15(19-20)10-6-7-10/h2-5,8-10H,6-7H2,1H3. The van der Waals surface area contributed by atoms with Gasteiger partial charge in [0.1, 0.15) is 5.82 Å². The Morgan fingerprint density at radius 3 is 2.71 bits per heavy atom. The monoisotopic (exact) mass is 283 g/mol. The Bertz CT molecular complexity index is 824. The molecule has 21 heavy (non-hydrogen) atoms. The zero-order valence-electron chi connectivity index (χ0n) is 11.6. The van der Waals surface area contributed by atoms with Gasteiger partial charge in [-0.25, -0.2) is 13.9 Å². The normalized spacial score (nSPS) is 14.6. The molecule has 0 spiro atoms. The van der Waals surface area contributed by atoms with Crippen molar-refractivity contribution in [2.75, 3.05) is 7.11 Å². The van der Waals surface area contributed by atoms with Crippen LogP contribution in [0.1, 0.15) is 24.6 Å². The van der Waals surface area contributed by atoms with E-state index in [4.69, 9.17) is 4.74 Å². The summed E-state index contributed by atoms with van der Waals surface area (Å²) in [7, 11) is 1.60. The van der Waals surface area contributed by atoms with Crippen LogP contribution in [0, 0.1) is 5.82 Å². The molecule has 0 aliphatic heterocycles. The summed E-state index contributed by atoms with van der Waals surface area (Å²) in [6.07, 6.45) is 2.24. The molecule has 1 saturated carbocycles. The van der Waals surface area contributed by atoms with E-state index >= 15 is 0 Å². The molecular formula is C16H14FN3O. The van der Waals surface area contributed by atoms with Crippen LogP contribution in [0.2, 0.25) is 0 Å². The summed E-state index contributed by atoms with van der Waals surface area (Å²) in [5.74, 6) is 1.63. The van der Waals surface area contributed by atoms with Gasteiger partial charge in [0.2, 0.25) is 0 Å². The lowest BCUT2D eigenvalue weighted by atomic mass is 10.1. The Labute approximate surface area is 121 Å². The fourth-order valence-corrected chi connectivity index (χ4v) is 2.50. The Kier molecular flexibility index (Phi) is 2.67. The second-order valence-electron chi connectivity index (χ2n) is 5.25. The summed E-state index contributed by atoms with van der Waals surface area (Å²) in [6.45, 7) is 0. The number of hydrogen-bond acceptors (Lipinski definition) is 3. The predicted molar refractivity (Wildman–Crippen MR) is 76.9 cm³/mol.